The van der Waals surface area contributed by atoms with Crippen molar-refractivity contribution in [2.24, 2.45) is 0 Å². The van der Waals surface area contributed by atoms with E-state index in [0.717, 1.165) is 12.1 Å². The lowest BCUT2D eigenvalue weighted by Gasteiger charge is -2.17. The van der Waals surface area contributed by atoms with Gasteiger partial charge in [-0.05, 0) is 32.9 Å². The van der Waals surface area contributed by atoms with Crippen LogP contribution in [0.3, 0.4) is 0 Å². The first-order valence-electron chi connectivity index (χ1n) is 8.88. The fourth-order valence-electron chi connectivity index (χ4n) is 2.88. The number of ether oxygens (including phenoxy) is 1. The molecule has 3 aromatic rings. The lowest BCUT2D eigenvalue weighted by Crippen LogP contribution is -2.27. The van der Waals surface area contributed by atoms with Gasteiger partial charge < -0.3 is 14.1 Å². The van der Waals surface area contributed by atoms with E-state index in [2.05, 4.69) is 5.10 Å². The van der Waals surface area contributed by atoms with Gasteiger partial charge in [0.1, 0.15) is 11.3 Å². The molecule has 0 fully saturated rings. The molecule has 0 atom stereocenters. The summed E-state index contributed by atoms with van der Waals surface area (Å²) >= 11 is 0. The number of benzene rings is 1. The Morgan fingerprint density at radius 2 is 2.11 bits per heavy atom. The Bertz CT molecular complexity index is 1020. The minimum atomic E-state index is -0.570. The number of aryl methyl sites for hydroxylation is 1. The van der Waals surface area contributed by atoms with E-state index in [1.54, 1.807) is 41.0 Å². The number of rotatable bonds is 6. The molecule has 1 amide bonds. The number of nitrogens with zero attached hydrogens (tertiary/aromatic N) is 3. The van der Waals surface area contributed by atoms with E-state index in [-0.39, 0.29) is 12.0 Å². The molecule has 0 radical (unpaired) electrons. The van der Waals surface area contributed by atoms with E-state index in [4.69, 9.17) is 9.15 Å². The summed E-state index contributed by atoms with van der Waals surface area (Å²) in [4.78, 5) is 26.5. The number of hydrogen-bond donors (Lipinski definition) is 0. The Kier molecular flexibility index (Phi) is 5.30. The monoisotopic (exact) mass is 369 g/mol. The zero-order chi connectivity index (χ0) is 19.6. The van der Waals surface area contributed by atoms with Crippen molar-refractivity contribution < 1.29 is 13.9 Å². The van der Waals surface area contributed by atoms with Gasteiger partial charge in [-0.1, -0.05) is 0 Å². The highest BCUT2D eigenvalue weighted by Crippen LogP contribution is 2.24. The van der Waals surface area contributed by atoms with E-state index in [9.17, 15) is 9.59 Å². The van der Waals surface area contributed by atoms with Crippen molar-refractivity contribution in [1.29, 1.82) is 0 Å². The van der Waals surface area contributed by atoms with Crippen molar-refractivity contribution in [2.75, 3.05) is 7.05 Å². The van der Waals surface area contributed by atoms with Crippen LogP contribution in [0.15, 0.2) is 45.9 Å². The molecule has 0 unspecified atom stereocenters. The zero-order valence-electron chi connectivity index (χ0n) is 15.9. The van der Waals surface area contributed by atoms with Gasteiger partial charge in [-0.2, -0.15) is 5.10 Å². The summed E-state index contributed by atoms with van der Waals surface area (Å²) in [5.41, 5.74) is 0.992. The van der Waals surface area contributed by atoms with Crippen molar-refractivity contribution in [3.05, 3.63) is 58.2 Å². The minimum Gasteiger partial charge on any atom is -0.491 e. The summed E-state index contributed by atoms with van der Waals surface area (Å²) in [5, 5.41) is 4.79. The number of carbonyl (C=O) groups excluding carboxylic acids is 1. The topological polar surface area (TPSA) is 77.6 Å². The lowest BCUT2D eigenvalue weighted by molar-refractivity contribution is 0.0786. The second-order valence-electron chi connectivity index (χ2n) is 6.67. The van der Waals surface area contributed by atoms with Gasteiger partial charge in [-0.15, -0.1) is 0 Å². The minimum absolute atomic E-state index is 0.00541. The first-order chi connectivity index (χ1) is 12.9. The molecule has 2 aromatic heterocycles. The highest BCUT2D eigenvalue weighted by molar-refractivity contribution is 6.05. The maximum Gasteiger partial charge on any atom is 0.337 e. The van der Waals surface area contributed by atoms with Crippen LogP contribution in [0.1, 0.15) is 36.7 Å². The van der Waals surface area contributed by atoms with E-state index in [1.807, 2.05) is 27.0 Å². The molecule has 0 bridgehead atoms. The van der Waals surface area contributed by atoms with Gasteiger partial charge in [-0.25, -0.2) is 4.79 Å². The quantitative estimate of drug-likeness (QED) is 0.624. The van der Waals surface area contributed by atoms with Crippen molar-refractivity contribution in [3.8, 4) is 5.75 Å². The van der Waals surface area contributed by atoms with E-state index >= 15 is 0 Å². The predicted octanol–water partition coefficient (Wildman–Crippen LogP) is 3.07. The van der Waals surface area contributed by atoms with Gasteiger partial charge in [0, 0.05) is 49.4 Å². The second kappa shape index (κ2) is 7.65. The van der Waals surface area contributed by atoms with Crippen LogP contribution in [0.2, 0.25) is 0 Å². The molecule has 0 aliphatic carbocycles. The van der Waals surface area contributed by atoms with Crippen molar-refractivity contribution in [3.63, 3.8) is 0 Å². The molecule has 3 rings (SSSR count). The summed E-state index contributed by atoms with van der Waals surface area (Å²) in [6.07, 6.45) is 3.63. The number of amides is 1. The fraction of sp³-hybridized carbons (Fsp3) is 0.350. The van der Waals surface area contributed by atoms with E-state index in [1.165, 1.54) is 6.07 Å². The Morgan fingerprint density at radius 3 is 2.78 bits per heavy atom. The molecule has 0 aliphatic heterocycles. The lowest BCUT2D eigenvalue weighted by atomic mass is 10.1. The number of carbonyl (C=O) groups is 1. The normalized spacial score (nSPS) is 11.1. The first kappa shape index (κ1) is 18.7. The third-order valence-corrected chi connectivity index (χ3v) is 4.10. The molecule has 0 spiro atoms. The molecule has 1 aromatic carbocycles. The number of aromatic nitrogens is 2. The standard InChI is InChI=1S/C20H23N3O4/c1-5-23-12-14(10-21-23)11-22(4)20(25)17-9-19(24)27-18-8-15(26-13(2)3)6-7-16(17)18/h6-10,12-13H,5,11H2,1-4H3. The molecule has 142 valence electrons. The van der Waals surface area contributed by atoms with Gasteiger partial charge in [0.15, 0.2) is 0 Å². The Morgan fingerprint density at radius 1 is 1.33 bits per heavy atom. The largest absolute Gasteiger partial charge is 0.491 e. The summed E-state index contributed by atoms with van der Waals surface area (Å²) in [6.45, 7) is 6.99. The third kappa shape index (κ3) is 4.19. The van der Waals surface area contributed by atoms with Crippen LogP contribution in [0.4, 0.5) is 0 Å². The smallest absolute Gasteiger partial charge is 0.337 e. The van der Waals surface area contributed by atoms with E-state index in [0.29, 0.717) is 28.8 Å². The first-order valence-corrected chi connectivity index (χ1v) is 8.88. The van der Waals surface area contributed by atoms with Gasteiger partial charge in [0.2, 0.25) is 0 Å². The predicted molar refractivity (Wildman–Crippen MR) is 102 cm³/mol. The van der Waals surface area contributed by atoms with Crippen molar-refractivity contribution in [2.45, 2.75) is 40.0 Å². The Hall–Kier alpha value is -3.09. The van der Waals surface area contributed by atoms with Crippen LogP contribution in [0, 0.1) is 0 Å². The highest BCUT2D eigenvalue weighted by Gasteiger charge is 2.18. The van der Waals surface area contributed by atoms with Crippen LogP contribution in [-0.4, -0.2) is 33.7 Å². The maximum absolute atomic E-state index is 12.9. The van der Waals surface area contributed by atoms with Crippen molar-refractivity contribution in [1.82, 2.24) is 14.7 Å². The summed E-state index contributed by atoms with van der Waals surface area (Å²) < 4.78 is 12.7. The molecule has 2 heterocycles. The van der Waals surface area contributed by atoms with Crippen LogP contribution in [0.25, 0.3) is 11.0 Å². The molecule has 7 heteroatoms. The molecular weight excluding hydrogens is 346 g/mol. The maximum atomic E-state index is 12.9. The Balaban J connectivity index is 1.92. The zero-order valence-corrected chi connectivity index (χ0v) is 15.9. The fourth-order valence-corrected chi connectivity index (χ4v) is 2.88. The average Bonchev–Trinajstić information content (AvgIpc) is 3.07. The second-order valence-corrected chi connectivity index (χ2v) is 6.67. The molecular formula is C20H23N3O4. The third-order valence-electron chi connectivity index (χ3n) is 4.10. The summed E-state index contributed by atoms with van der Waals surface area (Å²) in [6, 6.07) is 6.38. The van der Waals surface area contributed by atoms with Gasteiger partial charge in [-0.3, -0.25) is 9.48 Å². The van der Waals surface area contributed by atoms with Crippen LogP contribution in [0.5, 0.6) is 5.75 Å². The summed E-state index contributed by atoms with van der Waals surface area (Å²) in [5.74, 6) is 0.334. The molecule has 0 saturated heterocycles. The van der Waals surface area contributed by atoms with Gasteiger partial charge >= 0.3 is 5.63 Å². The van der Waals surface area contributed by atoms with E-state index < -0.39 is 5.63 Å². The van der Waals surface area contributed by atoms with Gasteiger partial charge in [0.05, 0.1) is 17.9 Å². The molecule has 0 N–H and O–H groups in total. The van der Waals surface area contributed by atoms with Crippen LogP contribution < -0.4 is 10.4 Å². The number of fused-ring (bicyclic) bond motifs is 1. The number of hydrogen-bond acceptors (Lipinski definition) is 5. The van der Waals surface area contributed by atoms with Crippen LogP contribution >= 0.6 is 0 Å². The van der Waals surface area contributed by atoms with Crippen molar-refractivity contribution >= 4 is 16.9 Å². The molecule has 7 nitrogen and oxygen atoms in total. The molecule has 0 aliphatic rings. The van der Waals surface area contributed by atoms with Crippen LogP contribution in [-0.2, 0) is 13.1 Å². The molecule has 27 heavy (non-hydrogen) atoms. The molecule has 0 saturated carbocycles. The SMILES string of the molecule is CCn1cc(CN(C)C(=O)c2cc(=O)oc3cc(OC(C)C)ccc23)cn1. The van der Waals surface area contributed by atoms with Gasteiger partial charge in [0.25, 0.3) is 5.91 Å². The Labute approximate surface area is 157 Å². The highest BCUT2D eigenvalue weighted by atomic mass is 16.5. The summed E-state index contributed by atoms with van der Waals surface area (Å²) in [7, 11) is 1.70. The average molecular weight is 369 g/mol.